The molecule has 0 fully saturated rings. The maximum absolute atomic E-state index is 8.48. The summed E-state index contributed by atoms with van der Waals surface area (Å²) < 4.78 is 0. The maximum atomic E-state index is 8.48. The third kappa shape index (κ3) is 13.6. The van der Waals surface area contributed by atoms with Gasteiger partial charge in [-0.15, -0.1) is 0 Å². The molecule has 3 rings (SSSR count). The molecule has 220 valence electrons. The third-order valence-electron chi connectivity index (χ3n) is 7.66. The minimum absolute atomic E-state index is 1.21. The zero-order valence-corrected chi connectivity index (χ0v) is 25.8. The highest BCUT2D eigenvalue weighted by atomic mass is 31.2. The molecule has 3 aromatic rings. The molecule has 0 saturated carbocycles. The van der Waals surface area contributed by atoms with Gasteiger partial charge in [0, 0.05) is 0 Å². The van der Waals surface area contributed by atoms with E-state index in [2.05, 4.69) is 86.6 Å². The fraction of sp³-hybridized carbons (Fsp3) is 0.500. The summed E-state index contributed by atoms with van der Waals surface area (Å²) in [6.07, 6.45) is 21.6. The molecule has 0 atom stereocenters. The van der Waals surface area contributed by atoms with E-state index in [1.54, 1.807) is 11.1 Å². The van der Waals surface area contributed by atoms with Crippen LogP contribution in [0.4, 0.5) is 0 Å². The standard InChI is InChI=1S/C36H50.O3P/c1-3-5-7-9-11-13-16-23-32-26-22-30-36(33(32)27-19-14-12-10-8-6-4-2)35-29-21-20-28-34(35)31-24-17-15-18-25-31;1-4(2)3/h15,17-18,20-22,24-26,28-30H,3-14,16,19,23,27H2,1-2H3;/q;-3. The summed E-state index contributed by atoms with van der Waals surface area (Å²) in [5.74, 6) is 0. The Labute approximate surface area is 245 Å². The van der Waals surface area contributed by atoms with Gasteiger partial charge in [0.1, 0.15) is 0 Å². The number of aryl methyl sites for hydroxylation is 1. The first-order chi connectivity index (χ1) is 19.6. The molecule has 0 aliphatic rings. The third-order valence-corrected chi connectivity index (χ3v) is 7.66. The highest BCUT2D eigenvalue weighted by Crippen LogP contribution is 2.36. The molecule has 0 N–H and O–H groups in total. The van der Waals surface area contributed by atoms with Gasteiger partial charge >= 0.3 is 0 Å². The maximum Gasteiger partial charge on any atom is -0.0103 e. The number of rotatable bonds is 18. The van der Waals surface area contributed by atoms with Crippen molar-refractivity contribution in [2.24, 2.45) is 0 Å². The van der Waals surface area contributed by atoms with Crippen LogP contribution in [0.3, 0.4) is 0 Å². The molecule has 4 heteroatoms. The lowest BCUT2D eigenvalue weighted by Crippen LogP contribution is -2.18. The molecular weight excluding hydrogens is 511 g/mol. The molecule has 0 aliphatic carbocycles. The first-order valence-electron chi connectivity index (χ1n) is 15.7. The molecule has 0 unspecified atom stereocenters. The van der Waals surface area contributed by atoms with Gasteiger partial charge in [-0.3, -0.25) is 0 Å². The molecule has 0 saturated heterocycles. The first-order valence-corrected chi connectivity index (χ1v) is 16.7. The Morgan fingerprint density at radius 3 is 1.48 bits per heavy atom. The van der Waals surface area contributed by atoms with Gasteiger partial charge in [0.15, 0.2) is 0 Å². The first kappa shape index (κ1) is 34.2. The summed E-state index contributed by atoms with van der Waals surface area (Å²) in [6, 6.07) is 27.1. The number of hydrogen-bond acceptors (Lipinski definition) is 3. The second-order valence-electron chi connectivity index (χ2n) is 10.8. The van der Waals surface area contributed by atoms with E-state index in [0.29, 0.717) is 0 Å². The monoisotopic (exact) mass is 561 g/mol. The van der Waals surface area contributed by atoms with Crippen LogP contribution in [0.5, 0.6) is 0 Å². The lowest BCUT2D eigenvalue weighted by molar-refractivity contribution is -0.407. The molecule has 3 nitrogen and oxygen atoms in total. The van der Waals surface area contributed by atoms with Crippen LogP contribution < -0.4 is 14.7 Å². The predicted molar refractivity (Wildman–Crippen MR) is 168 cm³/mol. The van der Waals surface area contributed by atoms with E-state index in [4.69, 9.17) is 14.7 Å². The highest BCUT2D eigenvalue weighted by Gasteiger charge is 2.14. The fourth-order valence-corrected chi connectivity index (χ4v) is 5.54. The Hall–Kier alpha value is -2.03. The van der Waals surface area contributed by atoms with Gasteiger partial charge in [-0.25, -0.2) is 0 Å². The highest BCUT2D eigenvalue weighted by molar-refractivity contribution is 7.33. The molecular formula is C36H50O3P-3. The molecule has 0 aromatic heterocycles. The van der Waals surface area contributed by atoms with Crippen LogP contribution in [-0.2, 0) is 12.8 Å². The lowest BCUT2D eigenvalue weighted by Gasteiger charge is -2.39. The van der Waals surface area contributed by atoms with Gasteiger partial charge in [-0.2, -0.15) is 0 Å². The van der Waals surface area contributed by atoms with E-state index in [-0.39, 0.29) is 0 Å². The molecule has 0 aliphatic heterocycles. The van der Waals surface area contributed by atoms with E-state index in [1.807, 2.05) is 0 Å². The van der Waals surface area contributed by atoms with Crippen LogP contribution in [0.15, 0.2) is 72.8 Å². The second-order valence-corrected chi connectivity index (χ2v) is 11.3. The quantitative estimate of drug-likeness (QED) is 0.115. The summed E-state index contributed by atoms with van der Waals surface area (Å²) in [5, 5.41) is 0. The molecule has 0 amide bonds. The van der Waals surface area contributed by atoms with Crippen LogP contribution in [0, 0.1) is 0 Å². The van der Waals surface area contributed by atoms with E-state index >= 15 is 0 Å². The van der Waals surface area contributed by atoms with Crippen LogP contribution in [0.25, 0.3) is 22.3 Å². The Kier molecular flexibility index (Phi) is 18.5. The number of hydrogen-bond donors (Lipinski definition) is 0. The van der Waals surface area contributed by atoms with Crippen molar-refractivity contribution in [2.75, 3.05) is 0 Å². The van der Waals surface area contributed by atoms with Gasteiger partial charge < -0.3 is 23.3 Å². The zero-order chi connectivity index (χ0) is 28.8. The van der Waals surface area contributed by atoms with Gasteiger partial charge in [-0.1, -0.05) is 164 Å². The van der Waals surface area contributed by atoms with E-state index < -0.39 is 8.60 Å². The molecule has 0 spiro atoms. The Morgan fingerprint density at radius 1 is 0.450 bits per heavy atom. The summed E-state index contributed by atoms with van der Waals surface area (Å²) in [6.45, 7) is 4.60. The van der Waals surface area contributed by atoms with Crippen LogP contribution >= 0.6 is 8.60 Å². The molecule has 0 radical (unpaired) electrons. The van der Waals surface area contributed by atoms with Crippen LogP contribution in [-0.4, -0.2) is 0 Å². The zero-order valence-electron chi connectivity index (χ0n) is 24.9. The van der Waals surface area contributed by atoms with Crippen molar-refractivity contribution in [3.63, 3.8) is 0 Å². The van der Waals surface area contributed by atoms with Crippen LogP contribution in [0.2, 0.25) is 0 Å². The van der Waals surface area contributed by atoms with Crippen molar-refractivity contribution >= 4 is 8.60 Å². The summed E-state index contributed by atoms with van der Waals surface area (Å²) >= 11 is 0. The Morgan fingerprint density at radius 2 is 0.900 bits per heavy atom. The van der Waals surface area contributed by atoms with Crippen molar-refractivity contribution in [1.29, 1.82) is 0 Å². The van der Waals surface area contributed by atoms with Crippen molar-refractivity contribution in [3.05, 3.63) is 83.9 Å². The van der Waals surface area contributed by atoms with E-state index in [9.17, 15) is 0 Å². The molecule has 0 bridgehead atoms. The molecule has 3 aromatic carbocycles. The average Bonchev–Trinajstić information content (AvgIpc) is 2.97. The summed E-state index contributed by atoms with van der Waals surface area (Å²) in [4.78, 5) is 25.4. The molecule has 0 heterocycles. The Balaban J connectivity index is 0.00000131. The lowest BCUT2D eigenvalue weighted by atomic mass is 9.86. The van der Waals surface area contributed by atoms with Crippen molar-refractivity contribution < 1.29 is 14.7 Å². The summed E-state index contributed by atoms with van der Waals surface area (Å²) in [5.41, 5.74) is 8.72. The van der Waals surface area contributed by atoms with Crippen LogP contribution in [0.1, 0.15) is 115 Å². The average molecular weight is 562 g/mol. The van der Waals surface area contributed by atoms with Gasteiger partial charge in [0.25, 0.3) is 0 Å². The van der Waals surface area contributed by atoms with Crippen molar-refractivity contribution in [3.8, 4) is 22.3 Å². The smallest absolute Gasteiger partial charge is 0.0103 e. The summed E-state index contributed by atoms with van der Waals surface area (Å²) in [7, 11) is -3.37. The van der Waals surface area contributed by atoms with Crippen molar-refractivity contribution in [1.82, 2.24) is 0 Å². The Bertz CT molecular complexity index is 1030. The second kappa shape index (κ2) is 21.7. The SMILES string of the molecule is CCCCCCCCCc1cccc(-c2ccccc2-c2ccccc2)c1CCCCCCCCC.[O-]P([O-])[O-]. The van der Waals surface area contributed by atoms with Gasteiger partial charge in [0.05, 0.1) is 0 Å². The fourth-order valence-electron chi connectivity index (χ4n) is 5.54. The van der Waals surface area contributed by atoms with Gasteiger partial charge in [-0.05, 0) is 59.1 Å². The number of benzene rings is 3. The van der Waals surface area contributed by atoms with E-state index in [0.717, 1.165) is 0 Å². The minimum atomic E-state index is -3.37. The predicted octanol–water partition coefficient (Wildman–Crippen LogP) is 8.90. The van der Waals surface area contributed by atoms with E-state index in [1.165, 1.54) is 125 Å². The van der Waals surface area contributed by atoms with Gasteiger partial charge in [0.2, 0.25) is 0 Å². The largest absolute Gasteiger partial charge is 0.854 e. The normalized spacial score (nSPS) is 10.9. The minimum Gasteiger partial charge on any atom is -0.854 e. The number of unbranched alkanes of at least 4 members (excludes halogenated alkanes) is 12. The topological polar surface area (TPSA) is 69.2 Å². The molecule has 40 heavy (non-hydrogen) atoms. The van der Waals surface area contributed by atoms with Crippen molar-refractivity contribution in [2.45, 2.75) is 117 Å².